The molecule has 2 aromatic carbocycles. The summed E-state index contributed by atoms with van der Waals surface area (Å²) in [6, 6.07) is 15.4. The number of nitrogens with one attached hydrogen (secondary N) is 2. The average molecular weight is 335 g/mol. The summed E-state index contributed by atoms with van der Waals surface area (Å²) in [7, 11) is 0. The maximum Gasteiger partial charge on any atom is 0.322 e. The van der Waals surface area contributed by atoms with E-state index in [1.807, 2.05) is 35.2 Å². The first-order valence-electron chi connectivity index (χ1n) is 8.73. The summed E-state index contributed by atoms with van der Waals surface area (Å²) in [6.45, 7) is 1.33. The molecule has 0 saturated heterocycles. The molecule has 25 heavy (non-hydrogen) atoms. The van der Waals surface area contributed by atoms with E-state index in [-0.39, 0.29) is 17.9 Å². The van der Waals surface area contributed by atoms with Gasteiger partial charge in [-0.15, -0.1) is 0 Å². The van der Waals surface area contributed by atoms with E-state index >= 15 is 0 Å². The molecule has 1 aliphatic carbocycles. The molecule has 5 nitrogen and oxygen atoms in total. The van der Waals surface area contributed by atoms with E-state index in [9.17, 15) is 9.59 Å². The highest BCUT2D eigenvalue weighted by molar-refractivity contribution is 5.95. The predicted octanol–water partition coefficient (Wildman–Crippen LogP) is 3.63. The highest BCUT2D eigenvalue weighted by Crippen LogP contribution is 2.30. The van der Waals surface area contributed by atoms with Crippen LogP contribution in [0.4, 0.5) is 16.2 Å². The van der Waals surface area contributed by atoms with Crippen LogP contribution in [0.3, 0.4) is 0 Å². The van der Waals surface area contributed by atoms with Crippen LogP contribution in [0.15, 0.2) is 48.5 Å². The lowest BCUT2D eigenvalue weighted by atomic mass is 10.0. The van der Waals surface area contributed by atoms with E-state index in [1.54, 1.807) is 6.07 Å². The average Bonchev–Trinajstić information content (AvgIpc) is 3.47. The lowest BCUT2D eigenvalue weighted by molar-refractivity contribution is -0.117. The first-order chi connectivity index (χ1) is 12.2. The molecule has 1 fully saturated rings. The van der Waals surface area contributed by atoms with Gasteiger partial charge in [-0.05, 0) is 48.6 Å². The van der Waals surface area contributed by atoms with Crippen molar-refractivity contribution in [3.05, 3.63) is 59.7 Å². The van der Waals surface area contributed by atoms with Gasteiger partial charge in [0, 0.05) is 30.4 Å². The van der Waals surface area contributed by atoms with Crippen molar-refractivity contribution < 1.29 is 9.59 Å². The molecule has 2 N–H and O–H groups in total. The summed E-state index contributed by atoms with van der Waals surface area (Å²) in [4.78, 5) is 26.2. The molecule has 0 spiro atoms. The summed E-state index contributed by atoms with van der Waals surface area (Å²) < 4.78 is 0. The minimum Gasteiger partial charge on any atom is -0.326 e. The van der Waals surface area contributed by atoms with E-state index < -0.39 is 0 Å². The Morgan fingerprint density at radius 3 is 2.40 bits per heavy atom. The van der Waals surface area contributed by atoms with Gasteiger partial charge in [0.15, 0.2) is 0 Å². The zero-order valence-corrected chi connectivity index (χ0v) is 14.0. The quantitative estimate of drug-likeness (QED) is 0.900. The van der Waals surface area contributed by atoms with Gasteiger partial charge in [-0.25, -0.2) is 4.79 Å². The Kier molecular flexibility index (Phi) is 4.14. The first kappa shape index (κ1) is 15.7. The van der Waals surface area contributed by atoms with Crippen LogP contribution in [-0.4, -0.2) is 23.4 Å². The number of carbonyl (C=O) groups is 2. The van der Waals surface area contributed by atoms with Crippen LogP contribution < -0.4 is 10.6 Å². The van der Waals surface area contributed by atoms with E-state index in [1.165, 1.54) is 11.1 Å². The predicted molar refractivity (Wildman–Crippen MR) is 97.4 cm³/mol. The Bertz CT molecular complexity index is 814. The van der Waals surface area contributed by atoms with Crippen LogP contribution in [0.25, 0.3) is 0 Å². The molecule has 5 heteroatoms. The molecule has 3 amide bonds. The monoisotopic (exact) mass is 335 g/mol. The Morgan fingerprint density at radius 2 is 1.64 bits per heavy atom. The van der Waals surface area contributed by atoms with Crippen molar-refractivity contribution in [3.8, 4) is 0 Å². The van der Waals surface area contributed by atoms with Crippen molar-refractivity contribution in [2.75, 3.05) is 17.2 Å². The fourth-order valence-electron chi connectivity index (χ4n) is 3.14. The number of amides is 3. The van der Waals surface area contributed by atoms with Crippen LogP contribution in [0, 0.1) is 5.92 Å². The van der Waals surface area contributed by atoms with Crippen LogP contribution >= 0.6 is 0 Å². The van der Waals surface area contributed by atoms with E-state index in [0.29, 0.717) is 18.8 Å². The van der Waals surface area contributed by atoms with Gasteiger partial charge in [0.25, 0.3) is 0 Å². The van der Waals surface area contributed by atoms with Crippen LogP contribution in [0.1, 0.15) is 24.0 Å². The number of hydrogen-bond acceptors (Lipinski definition) is 2. The lowest BCUT2D eigenvalue weighted by Gasteiger charge is -2.29. The standard InChI is InChI=1S/C20H21N3O2/c24-19(15-8-9-15)21-17-6-3-7-18(12-17)22-20(25)23-11-10-14-4-1-2-5-16(14)13-23/h1-7,12,15H,8-11,13H2,(H,21,24)(H,22,25). The third-order valence-electron chi connectivity index (χ3n) is 4.75. The number of benzene rings is 2. The van der Waals surface area contributed by atoms with Gasteiger partial charge in [0.2, 0.25) is 5.91 Å². The Hall–Kier alpha value is -2.82. The van der Waals surface area contributed by atoms with Gasteiger partial charge in [-0.2, -0.15) is 0 Å². The second-order valence-corrected chi connectivity index (χ2v) is 6.71. The largest absolute Gasteiger partial charge is 0.326 e. The minimum absolute atomic E-state index is 0.0658. The molecule has 1 heterocycles. The zero-order chi connectivity index (χ0) is 17.2. The number of urea groups is 1. The summed E-state index contributed by atoms with van der Waals surface area (Å²) in [6.07, 6.45) is 2.82. The normalized spacial score (nSPS) is 16.1. The third-order valence-corrected chi connectivity index (χ3v) is 4.75. The zero-order valence-electron chi connectivity index (χ0n) is 14.0. The number of rotatable bonds is 3. The number of fused-ring (bicyclic) bond motifs is 1. The first-order valence-corrected chi connectivity index (χ1v) is 8.73. The maximum absolute atomic E-state index is 12.6. The topological polar surface area (TPSA) is 61.4 Å². The molecule has 0 atom stereocenters. The summed E-state index contributed by atoms with van der Waals surface area (Å²) in [5, 5.41) is 5.84. The molecule has 128 valence electrons. The Morgan fingerprint density at radius 1 is 0.920 bits per heavy atom. The van der Waals surface area contributed by atoms with E-state index in [4.69, 9.17) is 0 Å². The highest BCUT2D eigenvalue weighted by Gasteiger charge is 2.29. The van der Waals surface area contributed by atoms with Crippen molar-refractivity contribution in [3.63, 3.8) is 0 Å². The molecule has 1 aliphatic heterocycles. The van der Waals surface area contributed by atoms with Gasteiger partial charge in [-0.3, -0.25) is 4.79 Å². The van der Waals surface area contributed by atoms with Gasteiger partial charge in [-0.1, -0.05) is 30.3 Å². The highest BCUT2D eigenvalue weighted by atomic mass is 16.2. The van der Waals surface area contributed by atoms with Gasteiger partial charge >= 0.3 is 6.03 Å². The maximum atomic E-state index is 12.6. The second kappa shape index (κ2) is 6.59. The van der Waals surface area contributed by atoms with Crippen molar-refractivity contribution in [2.45, 2.75) is 25.8 Å². The number of hydrogen-bond donors (Lipinski definition) is 2. The van der Waals surface area contributed by atoms with Crippen LogP contribution in [-0.2, 0) is 17.8 Å². The number of anilines is 2. The van der Waals surface area contributed by atoms with Gasteiger partial charge in [0.05, 0.1) is 0 Å². The lowest BCUT2D eigenvalue weighted by Crippen LogP contribution is -2.38. The van der Waals surface area contributed by atoms with Crippen LogP contribution in [0.2, 0.25) is 0 Å². The molecular formula is C20H21N3O2. The second-order valence-electron chi connectivity index (χ2n) is 6.71. The summed E-state index contributed by atoms with van der Waals surface area (Å²) >= 11 is 0. The SMILES string of the molecule is O=C(Nc1cccc(NC(=O)N2CCc3ccccc3C2)c1)C1CC1. The van der Waals surface area contributed by atoms with Crippen molar-refractivity contribution in [1.82, 2.24) is 4.90 Å². The Balaban J connectivity index is 1.40. The van der Waals surface area contributed by atoms with Crippen molar-refractivity contribution in [1.29, 1.82) is 0 Å². The molecule has 2 aromatic rings. The molecule has 0 radical (unpaired) electrons. The third kappa shape index (κ3) is 3.65. The van der Waals surface area contributed by atoms with Crippen molar-refractivity contribution >= 4 is 23.3 Å². The fourth-order valence-corrected chi connectivity index (χ4v) is 3.14. The molecule has 0 unspecified atom stereocenters. The van der Waals surface area contributed by atoms with E-state index in [0.717, 1.165) is 24.9 Å². The molecule has 0 aromatic heterocycles. The van der Waals surface area contributed by atoms with E-state index in [2.05, 4.69) is 22.8 Å². The summed E-state index contributed by atoms with van der Waals surface area (Å²) in [5.41, 5.74) is 3.93. The number of carbonyl (C=O) groups excluding carboxylic acids is 2. The number of nitrogens with zero attached hydrogens (tertiary/aromatic N) is 1. The van der Waals surface area contributed by atoms with Crippen LogP contribution in [0.5, 0.6) is 0 Å². The molecular weight excluding hydrogens is 314 g/mol. The molecule has 2 aliphatic rings. The molecule has 1 saturated carbocycles. The fraction of sp³-hybridized carbons (Fsp3) is 0.300. The molecule has 0 bridgehead atoms. The molecule has 4 rings (SSSR count). The summed E-state index contributed by atoms with van der Waals surface area (Å²) in [5.74, 6) is 0.225. The van der Waals surface area contributed by atoms with Gasteiger partial charge in [0.1, 0.15) is 0 Å². The Labute approximate surface area is 147 Å². The minimum atomic E-state index is -0.111. The van der Waals surface area contributed by atoms with Gasteiger partial charge < -0.3 is 15.5 Å². The van der Waals surface area contributed by atoms with Crippen molar-refractivity contribution in [2.24, 2.45) is 5.92 Å². The smallest absolute Gasteiger partial charge is 0.322 e.